The molecule has 1 aliphatic rings. The monoisotopic (exact) mass is 442 g/mol. The molecule has 2 aromatic carbocycles. The van der Waals surface area contributed by atoms with E-state index >= 15 is 0 Å². The van der Waals surface area contributed by atoms with Crippen molar-refractivity contribution in [1.82, 2.24) is 9.55 Å². The average molecular weight is 443 g/mol. The summed E-state index contributed by atoms with van der Waals surface area (Å²) in [6, 6.07) is 11.0. The number of unbranched alkanes of at least 4 members (excludes halogenated alkanes) is 1. The average Bonchev–Trinajstić information content (AvgIpc) is 3.25. The minimum atomic E-state index is -0.414. The number of halogens is 1. The SMILES string of the molecule is CCCCn1c(=O)c(CCC(=O)OCc2cc(Cl)c3c(c2)OCO3)nc2ccccc21. The zero-order valence-electron chi connectivity index (χ0n) is 17.2. The van der Waals surface area contributed by atoms with Gasteiger partial charge in [0.2, 0.25) is 6.79 Å². The highest BCUT2D eigenvalue weighted by molar-refractivity contribution is 6.32. The predicted octanol–water partition coefficient (Wildman–Crippen LogP) is 4.25. The fourth-order valence-electron chi connectivity index (χ4n) is 3.51. The molecule has 4 rings (SSSR count). The van der Waals surface area contributed by atoms with Crippen LogP contribution in [0.25, 0.3) is 11.0 Å². The molecule has 0 radical (unpaired) electrons. The summed E-state index contributed by atoms with van der Waals surface area (Å²) >= 11 is 6.16. The van der Waals surface area contributed by atoms with Crippen LogP contribution >= 0.6 is 11.6 Å². The van der Waals surface area contributed by atoms with Crippen molar-refractivity contribution in [3.05, 3.63) is 63.0 Å². The number of benzene rings is 2. The van der Waals surface area contributed by atoms with Crippen LogP contribution in [0.1, 0.15) is 37.4 Å². The van der Waals surface area contributed by atoms with Gasteiger partial charge in [0.25, 0.3) is 5.56 Å². The summed E-state index contributed by atoms with van der Waals surface area (Å²) in [7, 11) is 0. The number of carbonyl (C=O) groups is 1. The number of carbonyl (C=O) groups excluding carboxylic acids is 1. The summed E-state index contributed by atoms with van der Waals surface area (Å²) in [6.07, 6.45) is 2.16. The lowest BCUT2D eigenvalue weighted by Gasteiger charge is -2.12. The van der Waals surface area contributed by atoms with Gasteiger partial charge in [-0.15, -0.1) is 0 Å². The molecule has 31 heavy (non-hydrogen) atoms. The fraction of sp³-hybridized carbons (Fsp3) is 0.348. The molecule has 0 bridgehead atoms. The molecule has 1 aliphatic heterocycles. The van der Waals surface area contributed by atoms with Crippen LogP contribution in [0.3, 0.4) is 0 Å². The van der Waals surface area contributed by atoms with Gasteiger partial charge in [-0.25, -0.2) is 4.98 Å². The van der Waals surface area contributed by atoms with Crippen LogP contribution in [-0.2, 0) is 29.1 Å². The topological polar surface area (TPSA) is 79.7 Å². The summed E-state index contributed by atoms with van der Waals surface area (Å²) in [5.41, 5.74) is 2.48. The quantitative estimate of drug-likeness (QED) is 0.485. The number of hydrogen-bond acceptors (Lipinski definition) is 6. The Labute approximate surface area is 184 Å². The summed E-state index contributed by atoms with van der Waals surface area (Å²) in [6.45, 7) is 2.88. The number of nitrogens with zero attached hydrogens (tertiary/aromatic N) is 2. The lowest BCUT2D eigenvalue weighted by Crippen LogP contribution is -2.26. The molecule has 0 fully saturated rings. The van der Waals surface area contributed by atoms with E-state index in [2.05, 4.69) is 11.9 Å². The smallest absolute Gasteiger partial charge is 0.306 e. The number of esters is 1. The van der Waals surface area contributed by atoms with Gasteiger partial charge in [0.05, 0.1) is 22.5 Å². The highest BCUT2D eigenvalue weighted by Gasteiger charge is 2.19. The van der Waals surface area contributed by atoms with E-state index in [4.69, 9.17) is 25.8 Å². The summed E-state index contributed by atoms with van der Waals surface area (Å²) < 4.78 is 17.7. The minimum absolute atomic E-state index is 0.0566. The second-order valence-corrected chi connectivity index (χ2v) is 7.74. The number of hydrogen-bond donors (Lipinski definition) is 0. The van der Waals surface area contributed by atoms with Crippen molar-refractivity contribution >= 4 is 28.6 Å². The van der Waals surface area contributed by atoms with E-state index in [0.29, 0.717) is 34.3 Å². The van der Waals surface area contributed by atoms with Gasteiger partial charge in [-0.2, -0.15) is 0 Å². The highest BCUT2D eigenvalue weighted by Crippen LogP contribution is 2.39. The van der Waals surface area contributed by atoms with E-state index < -0.39 is 5.97 Å². The van der Waals surface area contributed by atoms with E-state index in [1.807, 2.05) is 24.3 Å². The number of rotatable bonds is 8. The van der Waals surface area contributed by atoms with Gasteiger partial charge in [-0.3, -0.25) is 9.59 Å². The molecule has 162 valence electrons. The summed E-state index contributed by atoms with van der Waals surface area (Å²) in [5.74, 6) is 0.619. The highest BCUT2D eigenvalue weighted by atomic mass is 35.5. The number of fused-ring (bicyclic) bond motifs is 2. The van der Waals surface area contributed by atoms with Crippen molar-refractivity contribution in [3.8, 4) is 11.5 Å². The molecule has 0 spiro atoms. The zero-order chi connectivity index (χ0) is 21.8. The van der Waals surface area contributed by atoms with Crippen LogP contribution in [0, 0.1) is 0 Å². The van der Waals surface area contributed by atoms with E-state index in [-0.39, 0.29) is 31.8 Å². The van der Waals surface area contributed by atoms with Crippen molar-refractivity contribution in [2.24, 2.45) is 0 Å². The maximum absolute atomic E-state index is 12.9. The van der Waals surface area contributed by atoms with Gasteiger partial charge in [-0.1, -0.05) is 37.1 Å². The second kappa shape index (κ2) is 9.39. The molecule has 0 unspecified atom stereocenters. The van der Waals surface area contributed by atoms with Crippen LogP contribution in [0.5, 0.6) is 11.5 Å². The van der Waals surface area contributed by atoms with E-state index in [1.54, 1.807) is 16.7 Å². The Balaban J connectivity index is 1.43. The molecular formula is C23H23ClN2O5. The molecule has 1 aromatic heterocycles. The third kappa shape index (κ3) is 4.66. The third-order valence-electron chi connectivity index (χ3n) is 5.11. The predicted molar refractivity (Wildman–Crippen MR) is 117 cm³/mol. The Morgan fingerprint density at radius 3 is 2.94 bits per heavy atom. The Kier molecular flexibility index (Phi) is 6.42. The van der Waals surface area contributed by atoms with Crippen molar-refractivity contribution in [1.29, 1.82) is 0 Å². The van der Waals surface area contributed by atoms with E-state index in [1.165, 1.54) is 0 Å². The number of aromatic nitrogens is 2. The first-order chi connectivity index (χ1) is 15.1. The molecule has 0 aliphatic carbocycles. The first-order valence-electron chi connectivity index (χ1n) is 10.3. The Bertz CT molecular complexity index is 1170. The van der Waals surface area contributed by atoms with E-state index in [9.17, 15) is 9.59 Å². The van der Waals surface area contributed by atoms with E-state index in [0.717, 1.165) is 23.9 Å². The minimum Gasteiger partial charge on any atom is -0.461 e. The van der Waals surface area contributed by atoms with Crippen molar-refractivity contribution in [2.75, 3.05) is 6.79 Å². The van der Waals surface area contributed by atoms with Crippen LogP contribution in [-0.4, -0.2) is 22.3 Å². The molecule has 7 nitrogen and oxygen atoms in total. The molecule has 0 saturated heterocycles. The number of para-hydroxylation sites is 2. The number of ether oxygens (including phenoxy) is 3. The molecule has 0 amide bonds. The van der Waals surface area contributed by atoms with Crippen LogP contribution in [0.15, 0.2) is 41.2 Å². The molecule has 0 atom stereocenters. The van der Waals surface area contributed by atoms with Crippen LogP contribution in [0.4, 0.5) is 0 Å². The fourth-order valence-corrected chi connectivity index (χ4v) is 3.79. The van der Waals surface area contributed by atoms with Crippen LogP contribution < -0.4 is 15.0 Å². The normalized spacial score (nSPS) is 12.3. The molecule has 8 heteroatoms. The summed E-state index contributed by atoms with van der Waals surface area (Å²) in [5, 5.41) is 0.411. The van der Waals surface area contributed by atoms with Gasteiger partial charge < -0.3 is 18.8 Å². The second-order valence-electron chi connectivity index (χ2n) is 7.33. The first kappa shape index (κ1) is 21.2. The van der Waals surface area contributed by atoms with Gasteiger partial charge in [0.15, 0.2) is 11.5 Å². The Morgan fingerprint density at radius 2 is 2.10 bits per heavy atom. The van der Waals surface area contributed by atoms with Gasteiger partial charge >= 0.3 is 5.97 Å². The van der Waals surface area contributed by atoms with Gasteiger partial charge in [0, 0.05) is 13.0 Å². The Hall–Kier alpha value is -3.06. The molecular weight excluding hydrogens is 420 g/mol. The molecule has 3 aromatic rings. The van der Waals surface area contributed by atoms with Gasteiger partial charge in [0.1, 0.15) is 12.3 Å². The van der Waals surface area contributed by atoms with Crippen molar-refractivity contribution in [2.45, 2.75) is 45.8 Å². The van der Waals surface area contributed by atoms with Crippen LogP contribution in [0.2, 0.25) is 5.02 Å². The lowest BCUT2D eigenvalue weighted by molar-refractivity contribution is -0.144. The Morgan fingerprint density at radius 1 is 1.26 bits per heavy atom. The molecule has 2 heterocycles. The van der Waals surface area contributed by atoms with Gasteiger partial charge in [-0.05, 0) is 36.2 Å². The first-order valence-corrected chi connectivity index (χ1v) is 10.7. The third-order valence-corrected chi connectivity index (χ3v) is 5.39. The largest absolute Gasteiger partial charge is 0.461 e. The number of aryl methyl sites for hydroxylation is 2. The van der Waals surface area contributed by atoms with Crippen molar-refractivity contribution in [3.63, 3.8) is 0 Å². The maximum atomic E-state index is 12.9. The maximum Gasteiger partial charge on any atom is 0.306 e. The summed E-state index contributed by atoms with van der Waals surface area (Å²) in [4.78, 5) is 29.7. The molecule has 0 saturated carbocycles. The molecule has 0 N–H and O–H groups in total. The lowest BCUT2D eigenvalue weighted by atomic mass is 10.2. The zero-order valence-corrected chi connectivity index (χ0v) is 18.0. The van der Waals surface area contributed by atoms with Crippen molar-refractivity contribution < 1.29 is 19.0 Å². The standard InChI is InChI=1S/C23H23ClN2O5/c1-2-3-10-26-19-7-5-4-6-17(19)25-18(23(26)28)8-9-21(27)29-13-15-11-16(24)22-20(12-15)30-14-31-22/h4-7,11-12H,2-3,8-10,13-14H2,1H3.